The van der Waals surface area contributed by atoms with Crippen molar-refractivity contribution in [2.45, 2.75) is 24.7 Å². The SMILES string of the molecule is Cc1cccc(S(=O)CC(=O)NCC2CC2)c1N. The maximum Gasteiger partial charge on any atom is 0.233 e. The van der Waals surface area contributed by atoms with Gasteiger partial charge < -0.3 is 11.1 Å². The average Bonchev–Trinajstić information content (AvgIpc) is 3.14. The molecule has 1 fully saturated rings. The number of nitrogens with one attached hydrogen (secondary N) is 1. The van der Waals surface area contributed by atoms with Crippen LogP contribution in [0.5, 0.6) is 0 Å². The van der Waals surface area contributed by atoms with Gasteiger partial charge in [0.05, 0.1) is 21.4 Å². The summed E-state index contributed by atoms with van der Waals surface area (Å²) in [6.07, 6.45) is 2.38. The summed E-state index contributed by atoms with van der Waals surface area (Å²) in [5, 5.41) is 2.81. The van der Waals surface area contributed by atoms with Gasteiger partial charge in [-0.3, -0.25) is 9.00 Å². The predicted octanol–water partition coefficient (Wildman–Crippen LogP) is 1.21. The van der Waals surface area contributed by atoms with Crippen molar-refractivity contribution >= 4 is 22.4 Å². The molecule has 0 saturated heterocycles. The Hall–Kier alpha value is -1.36. The number of carbonyl (C=O) groups is 1. The molecule has 18 heavy (non-hydrogen) atoms. The van der Waals surface area contributed by atoms with E-state index in [0.717, 1.165) is 5.56 Å². The second kappa shape index (κ2) is 5.52. The zero-order chi connectivity index (χ0) is 13.1. The summed E-state index contributed by atoms with van der Waals surface area (Å²) in [5.74, 6) is 0.452. The Balaban J connectivity index is 1.93. The molecular formula is C13H18N2O2S. The lowest BCUT2D eigenvalue weighted by Gasteiger charge is -2.08. The van der Waals surface area contributed by atoms with E-state index in [-0.39, 0.29) is 11.7 Å². The highest BCUT2D eigenvalue weighted by Crippen LogP contribution is 2.27. The average molecular weight is 266 g/mol. The molecule has 1 atom stereocenters. The van der Waals surface area contributed by atoms with E-state index < -0.39 is 10.8 Å². The van der Waals surface area contributed by atoms with Crippen molar-refractivity contribution in [3.63, 3.8) is 0 Å². The minimum Gasteiger partial charge on any atom is -0.398 e. The van der Waals surface area contributed by atoms with Gasteiger partial charge in [-0.1, -0.05) is 12.1 Å². The van der Waals surface area contributed by atoms with Crippen LogP contribution in [0.25, 0.3) is 0 Å². The van der Waals surface area contributed by atoms with E-state index in [1.807, 2.05) is 13.0 Å². The zero-order valence-electron chi connectivity index (χ0n) is 10.4. The van der Waals surface area contributed by atoms with Gasteiger partial charge >= 0.3 is 0 Å². The number of nitrogen functional groups attached to an aromatic ring is 1. The highest BCUT2D eigenvalue weighted by Gasteiger charge is 2.22. The van der Waals surface area contributed by atoms with Crippen molar-refractivity contribution in [3.8, 4) is 0 Å². The summed E-state index contributed by atoms with van der Waals surface area (Å²) in [7, 11) is -1.37. The van der Waals surface area contributed by atoms with Crippen LogP contribution in [0.1, 0.15) is 18.4 Å². The maximum absolute atomic E-state index is 12.1. The fourth-order valence-electron chi connectivity index (χ4n) is 1.68. The third-order valence-corrected chi connectivity index (χ3v) is 4.45. The lowest BCUT2D eigenvalue weighted by atomic mass is 10.2. The van der Waals surface area contributed by atoms with Crippen LogP contribution in [-0.2, 0) is 15.6 Å². The van der Waals surface area contributed by atoms with E-state index in [4.69, 9.17) is 5.73 Å². The quantitative estimate of drug-likeness (QED) is 0.787. The maximum atomic E-state index is 12.1. The number of aryl methyl sites for hydroxylation is 1. The fraction of sp³-hybridized carbons (Fsp3) is 0.462. The molecule has 1 aromatic rings. The van der Waals surface area contributed by atoms with Gasteiger partial charge in [-0.2, -0.15) is 0 Å². The van der Waals surface area contributed by atoms with Gasteiger partial charge in [-0.05, 0) is 37.3 Å². The molecule has 0 radical (unpaired) electrons. The van der Waals surface area contributed by atoms with Crippen molar-refractivity contribution in [2.75, 3.05) is 18.0 Å². The summed E-state index contributed by atoms with van der Waals surface area (Å²) in [4.78, 5) is 12.2. The lowest BCUT2D eigenvalue weighted by Crippen LogP contribution is -2.30. The Morgan fingerprint density at radius 2 is 2.22 bits per heavy atom. The molecule has 1 aliphatic rings. The number of para-hydroxylation sites is 1. The van der Waals surface area contributed by atoms with Crippen molar-refractivity contribution < 1.29 is 9.00 Å². The highest BCUT2D eigenvalue weighted by molar-refractivity contribution is 7.86. The molecule has 5 heteroatoms. The molecule has 4 nitrogen and oxygen atoms in total. The Morgan fingerprint density at radius 3 is 2.89 bits per heavy atom. The molecule has 1 aliphatic carbocycles. The summed E-state index contributed by atoms with van der Waals surface area (Å²) < 4.78 is 12.1. The standard InChI is InChI=1S/C13H18N2O2S/c1-9-3-2-4-11(13(9)14)18(17)8-12(16)15-7-10-5-6-10/h2-4,10H,5-8,14H2,1H3,(H,15,16). The van der Waals surface area contributed by atoms with E-state index >= 15 is 0 Å². The highest BCUT2D eigenvalue weighted by atomic mass is 32.2. The first-order valence-electron chi connectivity index (χ1n) is 6.08. The van der Waals surface area contributed by atoms with Crippen LogP contribution >= 0.6 is 0 Å². The van der Waals surface area contributed by atoms with E-state index in [9.17, 15) is 9.00 Å². The first-order chi connectivity index (χ1) is 8.58. The smallest absolute Gasteiger partial charge is 0.233 e. The molecule has 3 N–H and O–H groups in total. The van der Waals surface area contributed by atoms with Crippen molar-refractivity contribution in [1.29, 1.82) is 0 Å². The number of amides is 1. The second-order valence-electron chi connectivity index (χ2n) is 4.72. The molecule has 0 bridgehead atoms. The molecular weight excluding hydrogens is 248 g/mol. The summed E-state index contributed by atoms with van der Waals surface area (Å²) >= 11 is 0. The monoisotopic (exact) mass is 266 g/mol. The number of carbonyl (C=O) groups excluding carboxylic acids is 1. The largest absolute Gasteiger partial charge is 0.398 e. The Morgan fingerprint density at radius 1 is 1.50 bits per heavy atom. The van der Waals surface area contributed by atoms with Crippen LogP contribution in [0, 0.1) is 12.8 Å². The third-order valence-electron chi connectivity index (χ3n) is 3.08. The molecule has 2 rings (SSSR count). The number of nitrogens with two attached hydrogens (primary N) is 1. The van der Waals surface area contributed by atoms with Gasteiger partial charge in [0, 0.05) is 6.54 Å². The van der Waals surface area contributed by atoms with Gasteiger partial charge in [0.15, 0.2) is 0 Å². The summed E-state index contributed by atoms with van der Waals surface area (Å²) in [5.41, 5.74) is 7.27. The normalized spacial score (nSPS) is 16.3. The number of rotatable bonds is 5. The summed E-state index contributed by atoms with van der Waals surface area (Å²) in [6, 6.07) is 5.39. The number of anilines is 1. The van der Waals surface area contributed by atoms with Crippen molar-refractivity contribution in [1.82, 2.24) is 5.32 Å². The molecule has 0 aliphatic heterocycles. The van der Waals surface area contributed by atoms with Crippen LogP contribution < -0.4 is 11.1 Å². The fourth-order valence-corrected chi connectivity index (χ4v) is 2.81. The summed E-state index contributed by atoms with van der Waals surface area (Å²) in [6.45, 7) is 2.57. The molecule has 98 valence electrons. The minimum absolute atomic E-state index is 0.0135. The van der Waals surface area contributed by atoms with Crippen molar-refractivity contribution in [3.05, 3.63) is 23.8 Å². The van der Waals surface area contributed by atoms with Crippen LogP contribution in [-0.4, -0.2) is 22.4 Å². The zero-order valence-corrected chi connectivity index (χ0v) is 11.3. The van der Waals surface area contributed by atoms with E-state index in [1.165, 1.54) is 12.8 Å². The predicted molar refractivity (Wildman–Crippen MR) is 72.6 cm³/mol. The molecule has 1 amide bonds. The molecule has 0 spiro atoms. The first-order valence-corrected chi connectivity index (χ1v) is 7.40. The minimum atomic E-state index is -1.37. The van der Waals surface area contributed by atoms with Gasteiger partial charge in [-0.25, -0.2) is 0 Å². The molecule has 1 saturated carbocycles. The topological polar surface area (TPSA) is 72.2 Å². The van der Waals surface area contributed by atoms with Crippen LogP contribution in [0.3, 0.4) is 0 Å². The Bertz CT molecular complexity index is 484. The first kappa shape index (κ1) is 13.1. The van der Waals surface area contributed by atoms with Gasteiger partial charge in [0.1, 0.15) is 5.75 Å². The molecule has 0 heterocycles. The number of hydrogen-bond acceptors (Lipinski definition) is 3. The van der Waals surface area contributed by atoms with Crippen LogP contribution in [0.4, 0.5) is 5.69 Å². The molecule has 1 unspecified atom stereocenters. The molecule has 1 aromatic carbocycles. The van der Waals surface area contributed by atoms with Crippen LogP contribution in [0.2, 0.25) is 0 Å². The van der Waals surface area contributed by atoms with E-state index in [1.54, 1.807) is 12.1 Å². The number of hydrogen-bond donors (Lipinski definition) is 2. The van der Waals surface area contributed by atoms with E-state index in [2.05, 4.69) is 5.32 Å². The third kappa shape index (κ3) is 3.32. The van der Waals surface area contributed by atoms with Gasteiger partial charge in [0.2, 0.25) is 5.91 Å². The van der Waals surface area contributed by atoms with E-state index in [0.29, 0.717) is 23.0 Å². The van der Waals surface area contributed by atoms with Crippen LogP contribution in [0.15, 0.2) is 23.1 Å². The van der Waals surface area contributed by atoms with Gasteiger partial charge in [0.25, 0.3) is 0 Å². The van der Waals surface area contributed by atoms with Crippen molar-refractivity contribution in [2.24, 2.45) is 5.92 Å². The Kier molecular flexibility index (Phi) is 4.01. The lowest BCUT2D eigenvalue weighted by molar-refractivity contribution is -0.118. The number of benzene rings is 1. The molecule has 0 aromatic heterocycles. The van der Waals surface area contributed by atoms with Gasteiger partial charge in [-0.15, -0.1) is 0 Å². The second-order valence-corrected chi connectivity index (χ2v) is 6.14. The Labute approximate surface area is 109 Å².